The molecule has 0 fully saturated rings. The monoisotopic (exact) mass is 376 g/mol. The number of anilines is 1. The second-order valence-corrected chi connectivity index (χ2v) is 7.44. The van der Waals surface area contributed by atoms with Crippen LogP contribution in [0.1, 0.15) is 5.56 Å². The number of hydrogen-bond acceptors (Lipinski definition) is 4. The first-order valence-corrected chi connectivity index (χ1v) is 9.60. The van der Waals surface area contributed by atoms with E-state index in [1.54, 1.807) is 39.2 Å². The van der Waals surface area contributed by atoms with Crippen LogP contribution in [0, 0.1) is 0 Å². The molecule has 0 spiro atoms. The summed E-state index contributed by atoms with van der Waals surface area (Å²) < 4.78 is 3.03. The third kappa shape index (κ3) is 2.67. The zero-order chi connectivity index (χ0) is 18.4. The zero-order valence-corrected chi connectivity index (χ0v) is 15.2. The van der Waals surface area contributed by atoms with Crippen LogP contribution >= 0.6 is 11.3 Å². The summed E-state index contributed by atoms with van der Waals surface area (Å²) in [6.07, 6.45) is 4.20. The van der Waals surface area contributed by atoms with E-state index in [0.29, 0.717) is 12.1 Å². The fourth-order valence-corrected chi connectivity index (χ4v) is 4.21. The van der Waals surface area contributed by atoms with E-state index in [1.807, 2.05) is 41.8 Å². The first-order chi connectivity index (χ1) is 13.2. The van der Waals surface area contributed by atoms with Crippen LogP contribution in [0.25, 0.3) is 16.1 Å². The third-order valence-electron chi connectivity index (χ3n) is 4.87. The molecule has 0 radical (unpaired) electrons. The molecule has 1 aliphatic heterocycles. The number of thiophene rings is 1. The molecule has 7 heteroatoms. The average molecular weight is 376 g/mol. The Bertz CT molecular complexity index is 1210. The summed E-state index contributed by atoms with van der Waals surface area (Å²) >= 11 is 1.58. The average Bonchev–Trinajstić information content (AvgIpc) is 3.42. The van der Waals surface area contributed by atoms with Crippen molar-refractivity contribution in [3.8, 4) is 10.6 Å². The highest BCUT2D eigenvalue weighted by molar-refractivity contribution is 7.13. The quantitative estimate of drug-likeness (QED) is 0.552. The number of hydrogen-bond donors (Lipinski definition) is 0. The van der Waals surface area contributed by atoms with Crippen molar-refractivity contribution in [2.45, 2.75) is 13.0 Å². The third-order valence-corrected chi connectivity index (χ3v) is 5.76. The maximum Gasteiger partial charge on any atom is 0.277 e. The van der Waals surface area contributed by atoms with Gasteiger partial charge in [0.1, 0.15) is 17.8 Å². The first kappa shape index (κ1) is 16.0. The normalized spacial score (nSPS) is 13.3. The van der Waals surface area contributed by atoms with Crippen LogP contribution in [0.3, 0.4) is 0 Å². The number of nitrogens with zero attached hydrogens (tertiary/aromatic N) is 4. The largest absolute Gasteiger partial charge is 0.310 e. The summed E-state index contributed by atoms with van der Waals surface area (Å²) in [5.74, 6) is -0.0793. The lowest BCUT2D eigenvalue weighted by molar-refractivity contribution is -0.119. The van der Waals surface area contributed by atoms with Crippen LogP contribution in [0.4, 0.5) is 5.69 Å². The number of carbonyl (C=O) groups is 1. The lowest BCUT2D eigenvalue weighted by atomic mass is 10.2. The standard InChI is InChI=1S/C20H16N4O2S/c25-19(23-8-7-14-4-1-2-5-16(14)23)13-22-9-10-24-17(20(22)26)12-15(21-24)18-6-3-11-27-18/h1-6,9-12H,7-8,13H2. The van der Waals surface area contributed by atoms with Crippen LogP contribution in [-0.4, -0.2) is 26.6 Å². The molecule has 0 saturated heterocycles. The Hall–Kier alpha value is -3.19. The minimum Gasteiger partial charge on any atom is -0.310 e. The number of aromatic nitrogens is 3. The van der Waals surface area contributed by atoms with Crippen molar-refractivity contribution in [2.24, 2.45) is 0 Å². The van der Waals surface area contributed by atoms with Crippen LogP contribution < -0.4 is 10.5 Å². The molecule has 1 aliphatic rings. The van der Waals surface area contributed by atoms with E-state index in [9.17, 15) is 9.59 Å². The van der Waals surface area contributed by atoms with Gasteiger partial charge in [0.25, 0.3) is 5.56 Å². The van der Waals surface area contributed by atoms with Gasteiger partial charge < -0.3 is 9.47 Å². The van der Waals surface area contributed by atoms with Gasteiger partial charge in [-0.25, -0.2) is 4.52 Å². The lowest BCUT2D eigenvalue weighted by Crippen LogP contribution is -2.35. The summed E-state index contributed by atoms with van der Waals surface area (Å²) in [6, 6.07) is 13.6. The molecule has 0 bridgehead atoms. The molecule has 5 rings (SSSR count). The smallest absolute Gasteiger partial charge is 0.277 e. The van der Waals surface area contributed by atoms with Crippen molar-refractivity contribution in [3.05, 3.63) is 76.2 Å². The number of amides is 1. The molecule has 0 saturated carbocycles. The van der Waals surface area contributed by atoms with Gasteiger partial charge in [-0.1, -0.05) is 24.3 Å². The molecule has 1 aromatic carbocycles. The molecule has 0 aliphatic carbocycles. The van der Waals surface area contributed by atoms with Gasteiger partial charge >= 0.3 is 0 Å². The molecule has 4 aromatic rings. The maximum absolute atomic E-state index is 12.8. The zero-order valence-electron chi connectivity index (χ0n) is 14.4. The van der Waals surface area contributed by atoms with Crippen LogP contribution in [0.2, 0.25) is 0 Å². The van der Waals surface area contributed by atoms with Crippen LogP contribution in [-0.2, 0) is 17.8 Å². The molecule has 0 atom stereocenters. The van der Waals surface area contributed by atoms with Gasteiger partial charge in [0.05, 0.1) is 4.88 Å². The summed E-state index contributed by atoms with van der Waals surface area (Å²) in [5, 5.41) is 6.44. The number of benzene rings is 1. The summed E-state index contributed by atoms with van der Waals surface area (Å²) in [6.45, 7) is 0.674. The van der Waals surface area contributed by atoms with Crippen molar-refractivity contribution < 1.29 is 4.79 Å². The Morgan fingerprint density at radius 3 is 2.89 bits per heavy atom. The number of rotatable bonds is 3. The van der Waals surface area contributed by atoms with E-state index < -0.39 is 0 Å². The molecule has 3 aromatic heterocycles. The predicted octanol–water partition coefficient (Wildman–Crippen LogP) is 2.81. The number of para-hydroxylation sites is 1. The van der Waals surface area contributed by atoms with E-state index in [-0.39, 0.29) is 18.0 Å². The van der Waals surface area contributed by atoms with Crippen molar-refractivity contribution in [1.29, 1.82) is 0 Å². The van der Waals surface area contributed by atoms with Crippen molar-refractivity contribution in [2.75, 3.05) is 11.4 Å². The van der Waals surface area contributed by atoms with Gasteiger partial charge in [-0.2, -0.15) is 5.10 Å². The van der Waals surface area contributed by atoms with E-state index in [2.05, 4.69) is 5.10 Å². The molecule has 134 valence electrons. The topological polar surface area (TPSA) is 59.6 Å². The highest BCUT2D eigenvalue weighted by Crippen LogP contribution is 2.27. The highest BCUT2D eigenvalue weighted by atomic mass is 32.1. The number of carbonyl (C=O) groups excluding carboxylic acids is 1. The molecule has 6 nitrogen and oxygen atoms in total. The van der Waals surface area contributed by atoms with Crippen LogP contribution in [0.15, 0.2) is 65.0 Å². The molecular formula is C20H16N4O2S. The second-order valence-electron chi connectivity index (χ2n) is 6.49. The van der Waals surface area contributed by atoms with Gasteiger partial charge in [0, 0.05) is 24.6 Å². The van der Waals surface area contributed by atoms with E-state index in [1.165, 1.54) is 10.1 Å². The molecule has 0 unspecified atom stereocenters. The van der Waals surface area contributed by atoms with Crippen LogP contribution in [0.5, 0.6) is 0 Å². The highest BCUT2D eigenvalue weighted by Gasteiger charge is 2.24. The van der Waals surface area contributed by atoms with E-state index >= 15 is 0 Å². The summed E-state index contributed by atoms with van der Waals surface area (Å²) in [5.41, 5.74) is 3.13. The summed E-state index contributed by atoms with van der Waals surface area (Å²) in [7, 11) is 0. The summed E-state index contributed by atoms with van der Waals surface area (Å²) in [4.78, 5) is 28.4. The minimum atomic E-state index is -0.214. The SMILES string of the molecule is O=C(Cn1ccn2nc(-c3cccs3)cc2c1=O)N1CCc2ccccc21. The van der Waals surface area contributed by atoms with Gasteiger partial charge in [0.2, 0.25) is 5.91 Å². The van der Waals surface area contributed by atoms with E-state index in [4.69, 9.17) is 0 Å². The Kier molecular flexibility index (Phi) is 3.68. The maximum atomic E-state index is 12.8. The number of fused-ring (bicyclic) bond motifs is 2. The minimum absolute atomic E-state index is 0.0170. The molecule has 27 heavy (non-hydrogen) atoms. The Morgan fingerprint density at radius 1 is 1.15 bits per heavy atom. The second kappa shape index (κ2) is 6.21. The predicted molar refractivity (Wildman–Crippen MR) is 105 cm³/mol. The lowest BCUT2D eigenvalue weighted by Gasteiger charge is -2.18. The molecular weight excluding hydrogens is 360 g/mol. The Balaban J connectivity index is 1.46. The molecule has 4 heterocycles. The Morgan fingerprint density at radius 2 is 2.04 bits per heavy atom. The van der Waals surface area contributed by atoms with Crippen molar-refractivity contribution in [1.82, 2.24) is 14.2 Å². The van der Waals surface area contributed by atoms with Gasteiger partial charge in [-0.15, -0.1) is 11.3 Å². The fourth-order valence-electron chi connectivity index (χ4n) is 3.52. The molecule has 0 N–H and O–H groups in total. The van der Waals surface area contributed by atoms with E-state index in [0.717, 1.165) is 22.7 Å². The first-order valence-electron chi connectivity index (χ1n) is 8.72. The van der Waals surface area contributed by atoms with Crippen molar-refractivity contribution in [3.63, 3.8) is 0 Å². The fraction of sp³-hybridized carbons (Fsp3) is 0.150. The van der Waals surface area contributed by atoms with Gasteiger partial charge in [0.15, 0.2) is 0 Å². The molecule has 1 amide bonds. The van der Waals surface area contributed by atoms with Crippen molar-refractivity contribution >= 4 is 28.4 Å². The van der Waals surface area contributed by atoms with Gasteiger partial charge in [-0.05, 0) is 35.6 Å². The van der Waals surface area contributed by atoms with Gasteiger partial charge in [-0.3, -0.25) is 9.59 Å². The Labute approximate surface area is 158 Å².